The molecule has 0 saturated carbocycles. The van der Waals surface area contributed by atoms with Gasteiger partial charge < -0.3 is 0 Å². The highest BCUT2D eigenvalue weighted by molar-refractivity contribution is 5.73. The van der Waals surface area contributed by atoms with Crippen LogP contribution in [0.15, 0.2) is 54.6 Å². The first-order valence-electron chi connectivity index (χ1n) is 7.85. The summed E-state index contributed by atoms with van der Waals surface area (Å²) in [6.45, 7) is 2.11. The smallest absolute Gasteiger partial charge is 0.172 e. The summed E-state index contributed by atoms with van der Waals surface area (Å²) >= 11 is 0. The van der Waals surface area contributed by atoms with Crippen LogP contribution < -0.4 is 0 Å². The maximum absolute atomic E-state index is 11.3. The molecule has 0 aliphatic rings. The fourth-order valence-electron chi connectivity index (χ4n) is 2.76. The number of para-hydroxylation sites is 1. The van der Waals surface area contributed by atoms with Crippen LogP contribution in [0.4, 0.5) is 0 Å². The van der Waals surface area contributed by atoms with Crippen LogP contribution in [-0.2, 0) is 19.3 Å². The van der Waals surface area contributed by atoms with E-state index in [1.807, 2.05) is 41.1 Å². The Hall–Kier alpha value is -2.75. The predicted octanol–water partition coefficient (Wildman–Crippen LogP) is 3.43. The van der Waals surface area contributed by atoms with Crippen LogP contribution in [0.2, 0.25) is 0 Å². The second-order valence-electron chi connectivity index (χ2n) is 5.42. The molecule has 2 aromatic carbocycles. The molecule has 0 fully saturated rings. The first kappa shape index (κ1) is 15.2. The van der Waals surface area contributed by atoms with Crippen molar-refractivity contribution in [2.45, 2.75) is 26.2 Å². The Bertz CT molecular complexity index is 793. The van der Waals surface area contributed by atoms with Gasteiger partial charge in [-0.25, -0.2) is 4.68 Å². The number of hydrogen-bond donors (Lipinski definition) is 0. The molecule has 0 atom stereocenters. The molecule has 1 heterocycles. The van der Waals surface area contributed by atoms with Gasteiger partial charge in [0.1, 0.15) is 5.69 Å². The summed E-state index contributed by atoms with van der Waals surface area (Å²) in [6, 6.07) is 18.3. The van der Waals surface area contributed by atoms with Crippen LogP contribution in [0.1, 0.15) is 34.2 Å². The van der Waals surface area contributed by atoms with E-state index in [2.05, 4.69) is 35.4 Å². The lowest BCUT2D eigenvalue weighted by Gasteiger charge is -2.11. The minimum Gasteiger partial charge on any atom is -0.296 e. The van der Waals surface area contributed by atoms with Crippen molar-refractivity contribution in [2.75, 3.05) is 0 Å². The zero-order valence-electron chi connectivity index (χ0n) is 13.1. The quantitative estimate of drug-likeness (QED) is 0.656. The molecule has 0 saturated heterocycles. The van der Waals surface area contributed by atoms with E-state index in [4.69, 9.17) is 0 Å². The van der Waals surface area contributed by atoms with Gasteiger partial charge in [-0.2, -0.15) is 0 Å². The Labute approximate surface area is 135 Å². The molecule has 23 heavy (non-hydrogen) atoms. The summed E-state index contributed by atoms with van der Waals surface area (Å²) in [4.78, 5) is 11.3. The summed E-state index contributed by atoms with van der Waals surface area (Å²) in [5.74, 6) is 0. The van der Waals surface area contributed by atoms with E-state index in [-0.39, 0.29) is 0 Å². The van der Waals surface area contributed by atoms with Crippen molar-refractivity contribution in [3.05, 3.63) is 77.1 Å². The van der Waals surface area contributed by atoms with Gasteiger partial charge in [-0.1, -0.05) is 60.7 Å². The first-order chi connectivity index (χ1) is 11.3. The third-order valence-corrected chi connectivity index (χ3v) is 4.00. The zero-order chi connectivity index (χ0) is 16.1. The third-order valence-electron chi connectivity index (χ3n) is 4.00. The maximum Gasteiger partial charge on any atom is 0.172 e. The molecular weight excluding hydrogens is 286 g/mol. The van der Waals surface area contributed by atoms with Gasteiger partial charge in [-0.3, -0.25) is 4.79 Å². The summed E-state index contributed by atoms with van der Waals surface area (Å²) in [5, 5.41) is 8.26. The maximum atomic E-state index is 11.3. The van der Waals surface area contributed by atoms with Crippen molar-refractivity contribution in [1.82, 2.24) is 15.0 Å². The highest BCUT2D eigenvalue weighted by Crippen LogP contribution is 2.19. The minimum atomic E-state index is 0.423. The fourth-order valence-corrected chi connectivity index (χ4v) is 2.76. The van der Waals surface area contributed by atoms with Crippen molar-refractivity contribution >= 4 is 6.29 Å². The molecule has 0 aliphatic heterocycles. The topological polar surface area (TPSA) is 47.8 Å². The second-order valence-corrected chi connectivity index (χ2v) is 5.42. The van der Waals surface area contributed by atoms with E-state index >= 15 is 0 Å². The monoisotopic (exact) mass is 305 g/mol. The lowest BCUT2D eigenvalue weighted by molar-refractivity contribution is 0.111. The Morgan fingerprint density at radius 1 is 1.00 bits per heavy atom. The highest BCUT2D eigenvalue weighted by Gasteiger charge is 2.15. The van der Waals surface area contributed by atoms with E-state index < -0.39 is 0 Å². The molecular formula is C19H19N3O. The number of aromatic nitrogens is 3. The van der Waals surface area contributed by atoms with Crippen molar-refractivity contribution in [2.24, 2.45) is 0 Å². The van der Waals surface area contributed by atoms with E-state index in [1.165, 1.54) is 11.1 Å². The van der Waals surface area contributed by atoms with Crippen LogP contribution in [-0.4, -0.2) is 21.3 Å². The Morgan fingerprint density at radius 2 is 1.74 bits per heavy atom. The Balaban J connectivity index is 1.96. The fraction of sp³-hybridized carbons (Fsp3) is 0.211. The Morgan fingerprint density at radius 3 is 2.48 bits per heavy atom. The van der Waals surface area contributed by atoms with Crippen LogP contribution in [0, 0.1) is 0 Å². The number of rotatable bonds is 6. The minimum absolute atomic E-state index is 0.423. The number of nitrogens with zero attached hydrogens (tertiary/aromatic N) is 3. The molecule has 0 unspecified atom stereocenters. The number of aryl methyl sites for hydroxylation is 2. The second kappa shape index (κ2) is 7.01. The zero-order valence-corrected chi connectivity index (χ0v) is 13.1. The van der Waals surface area contributed by atoms with Crippen LogP contribution in [0.25, 0.3) is 5.69 Å². The van der Waals surface area contributed by atoms with Crippen LogP contribution >= 0.6 is 0 Å². The predicted molar refractivity (Wildman–Crippen MR) is 90.0 cm³/mol. The molecule has 0 N–H and O–H groups in total. The van der Waals surface area contributed by atoms with Crippen molar-refractivity contribution in [3.8, 4) is 5.69 Å². The van der Waals surface area contributed by atoms with Crippen molar-refractivity contribution in [1.29, 1.82) is 0 Å². The summed E-state index contributed by atoms with van der Waals surface area (Å²) < 4.78 is 1.81. The van der Waals surface area contributed by atoms with E-state index in [0.717, 1.165) is 36.9 Å². The summed E-state index contributed by atoms with van der Waals surface area (Å²) in [6.07, 6.45) is 3.27. The Kier molecular flexibility index (Phi) is 4.62. The van der Waals surface area contributed by atoms with Gasteiger partial charge in [0.2, 0.25) is 0 Å². The number of benzene rings is 2. The number of aldehydes is 1. The molecule has 0 aliphatic carbocycles. The summed E-state index contributed by atoms with van der Waals surface area (Å²) in [7, 11) is 0. The van der Waals surface area contributed by atoms with E-state index in [0.29, 0.717) is 5.69 Å². The van der Waals surface area contributed by atoms with Gasteiger partial charge in [-0.15, -0.1) is 5.10 Å². The van der Waals surface area contributed by atoms with Gasteiger partial charge in [0.05, 0.1) is 11.4 Å². The largest absolute Gasteiger partial charge is 0.296 e. The van der Waals surface area contributed by atoms with E-state index in [1.54, 1.807) is 0 Å². The average molecular weight is 305 g/mol. The van der Waals surface area contributed by atoms with Gasteiger partial charge in [0.15, 0.2) is 6.29 Å². The molecule has 0 spiro atoms. The SMILES string of the molecule is CCc1ccccc1-n1nnc(C=O)c1CCc1ccccc1. The lowest BCUT2D eigenvalue weighted by Crippen LogP contribution is -2.07. The molecule has 116 valence electrons. The van der Waals surface area contributed by atoms with Crippen LogP contribution in [0.3, 0.4) is 0 Å². The third kappa shape index (κ3) is 3.21. The van der Waals surface area contributed by atoms with Gasteiger partial charge >= 0.3 is 0 Å². The molecule has 0 amide bonds. The number of carbonyl (C=O) groups excluding carboxylic acids is 1. The molecule has 0 bridgehead atoms. The van der Waals surface area contributed by atoms with Crippen molar-refractivity contribution < 1.29 is 4.79 Å². The highest BCUT2D eigenvalue weighted by atomic mass is 16.1. The van der Waals surface area contributed by atoms with E-state index in [9.17, 15) is 4.79 Å². The van der Waals surface area contributed by atoms with Crippen molar-refractivity contribution in [3.63, 3.8) is 0 Å². The molecule has 0 radical (unpaired) electrons. The lowest BCUT2D eigenvalue weighted by atomic mass is 10.1. The number of carbonyl (C=O) groups is 1. The first-order valence-corrected chi connectivity index (χ1v) is 7.85. The standard InChI is InChI=1S/C19H19N3O/c1-2-16-10-6-7-11-18(16)22-19(17(14-23)20-21-22)13-12-15-8-4-3-5-9-15/h3-11,14H,2,12-13H2,1H3. The molecule has 3 rings (SSSR count). The molecule has 3 aromatic rings. The van der Waals surface area contributed by atoms with Gasteiger partial charge in [0, 0.05) is 0 Å². The number of hydrogen-bond acceptors (Lipinski definition) is 3. The van der Waals surface area contributed by atoms with Gasteiger partial charge in [-0.05, 0) is 36.5 Å². The summed E-state index contributed by atoms with van der Waals surface area (Å²) in [5.41, 5.74) is 4.71. The molecule has 1 aromatic heterocycles. The average Bonchev–Trinajstić information content (AvgIpc) is 3.03. The molecule has 4 heteroatoms. The normalized spacial score (nSPS) is 10.7. The van der Waals surface area contributed by atoms with Gasteiger partial charge in [0.25, 0.3) is 0 Å². The van der Waals surface area contributed by atoms with Crippen LogP contribution in [0.5, 0.6) is 0 Å². The molecule has 4 nitrogen and oxygen atoms in total.